The van der Waals surface area contributed by atoms with Gasteiger partial charge in [0, 0.05) is 25.7 Å². The zero-order valence-electron chi connectivity index (χ0n) is 12.4. The third kappa shape index (κ3) is 3.28. The summed E-state index contributed by atoms with van der Waals surface area (Å²) in [6.45, 7) is 1.90. The topological polar surface area (TPSA) is 79.8 Å². The highest BCUT2D eigenvalue weighted by molar-refractivity contribution is 5.95. The first-order chi connectivity index (χ1) is 10.2. The Morgan fingerprint density at radius 1 is 1.23 bits per heavy atom. The third-order valence-electron chi connectivity index (χ3n) is 4.32. The molecule has 3 heterocycles. The standard InChI is InChI=1S/C15H21N3O3.ClH/c16-11-6-8-17(10-11)14(19)12-4-1-2-7-18(12)15(20)13-5-3-9-21-13;/h3,5,9,11-12H,1-2,4,6-8,10,16H2;1H/t11-,12?;/m1./s1. The number of rotatable bonds is 2. The number of nitrogens with zero attached hydrogens (tertiary/aromatic N) is 2. The molecule has 1 aromatic heterocycles. The Balaban J connectivity index is 0.00000176. The molecule has 2 atom stereocenters. The molecule has 122 valence electrons. The molecule has 7 heteroatoms. The van der Waals surface area contributed by atoms with E-state index in [0.717, 1.165) is 25.7 Å². The number of carbonyl (C=O) groups is 2. The molecule has 2 amide bonds. The maximum Gasteiger partial charge on any atom is 0.290 e. The SMILES string of the molecule is Cl.N[C@@H]1CCN(C(=O)C2CCCCN2C(=O)c2ccco2)C1. The van der Waals surface area contributed by atoms with Crippen LogP contribution in [0.1, 0.15) is 36.2 Å². The van der Waals surface area contributed by atoms with E-state index in [1.807, 2.05) is 0 Å². The Kier molecular flexibility index (Phi) is 5.47. The number of likely N-dealkylation sites (tertiary alicyclic amines) is 2. The van der Waals surface area contributed by atoms with Gasteiger partial charge >= 0.3 is 0 Å². The molecule has 1 aromatic rings. The van der Waals surface area contributed by atoms with Crippen LogP contribution in [0.3, 0.4) is 0 Å². The third-order valence-corrected chi connectivity index (χ3v) is 4.32. The molecule has 2 fully saturated rings. The summed E-state index contributed by atoms with van der Waals surface area (Å²) in [7, 11) is 0. The Morgan fingerprint density at radius 2 is 2.05 bits per heavy atom. The summed E-state index contributed by atoms with van der Waals surface area (Å²) in [6.07, 6.45) is 4.93. The molecule has 0 bridgehead atoms. The smallest absolute Gasteiger partial charge is 0.290 e. The second-order valence-electron chi connectivity index (χ2n) is 5.82. The average molecular weight is 328 g/mol. The molecule has 2 aliphatic rings. The van der Waals surface area contributed by atoms with Crippen LogP contribution in [0.15, 0.2) is 22.8 Å². The van der Waals surface area contributed by atoms with Crippen molar-refractivity contribution in [1.82, 2.24) is 9.80 Å². The average Bonchev–Trinajstić information content (AvgIpc) is 3.17. The van der Waals surface area contributed by atoms with Gasteiger partial charge < -0.3 is 20.0 Å². The molecule has 22 heavy (non-hydrogen) atoms. The van der Waals surface area contributed by atoms with Crippen molar-refractivity contribution in [2.75, 3.05) is 19.6 Å². The monoisotopic (exact) mass is 327 g/mol. The number of piperidine rings is 1. The molecule has 3 rings (SSSR count). The predicted octanol–water partition coefficient (Wildman–Crippen LogP) is 1.26. The number of halogens is 1. The normalized spacial score (nSPS) is 25.0. The molecule has 2 aliphatic heterocycles. The fourth-order valence-electron chi connectivity index (χ4n) is 3.17. The van der Waals surface area contributed by atoms with Gasteiger partial charge in [0.05, 0.1) is 6.26 Å². The minimum absolute atomic E-state index is 0. The molecule has 2 saturated heterocycles. The Hall–Kier alpha value is -1.53. The van der Waals surface area contributed by atoms with Gasteiger partial charge in [0.1, 0.15) is 6.04 Å². The lowest BCUT2D eigenvalue weighted by Gasteiger charge is -2.36. The van der Waals surface area contributed by atoms with Gasteiger partial charge in [-0.25, -0.2) is 0 Å². The maximum absolute atomic E-state index is 12.7. The summed E-state index contributed by atoms with van der Waals surface area (Å²) in [4.78, 5) is 28.6. The molecular formula is C15H22ClN3O3. The summed E-state index contributed by atoms with van der Waals surface area (Å²) < 4.78 is 5.18. The number of hydrogen-bond acceptors (Lipinski definition) is 4. The minimum atomic E-state index is -0.373. The lowest BCUT2D eigenvalue weighted by molar-refractivity contribution is -0.136. The lowest BCUT2D eigenvalue weighted by atomic mass is 10.0. The largest absolute Gasteiger partial charge is 0.459 e. The predicted molar refractivity (Wildman–Crippen MR) is 83.8 cm³/mol. The van der Waals surface area contributed by atoms with E-state index in [1.165, 1.54) is 6.26 Å². The van der Waals surface area contributed by atoms with Crippen molar-refractivity contribution in [3.63, 3.8) is 0 Å². The van der Waals surface area contributed by atoms with Crippen LogP contribution in [0.25, 0.3) is 0 Å². The van der Waals surface area contributed by atoms with E-state index in [-0.39, 0.29) is 36.3 Å². The number of nitrogens with two attached hydrogens (primary N) is 1. The zero-order chi connectivity index (χ0) is 14.8. The van der Waals surface area contributed by atoms with Crippen molar-refractivity contribution in [3.05, 3.63) is 24.2 Å². The van der Waals surface area contributed by atoms with Crippen LogP contribution in [0, 0.1) is 0 Å². The van der Waals surface area contributed by atoms with Gasteiger partial charge in [-0.3, -0.25) is 9.59 Å². The van der Waals surface area contributed by atoms with Gasteiger partial charge in [0.15, 0.2) is 5.76 Å². The molecule has 0 aliphatic carbocycles. The highest BCUT2D eigenvalue weighted by Gasteiger charge is 2.37. The van der Waals surface area contributed by atoms with E-state index < -0.39 is 0 Å². The Bertz CT molecular complexity index is 520. The van der Waals surface area contributed by atoms with Crippen molar-refractivity contribution in [2.45, 2.75) is 37.8 Å². The first-order valence-corrected chi connectivity index (χ1v) is 7.55. The summed E-state index contributed by atoms with van der Waals surface area (Å²) in [6, 6.07) is 3.02. The van der Waals surface area contributed by atoms with Gasteiger partial charge in [-0.2, -0.15) is 0 Å². The molecule has 2 N–H and O–H groups in total. The molecule has 6 nitrogen and oxygen atoms in total. The second-order valence-corrected chi connectivity index (χ2v) is 5.82. The first kappa shape index (κ1) is 16.8. The van der Waals surface area contributed by atoms with E-state index in [9.17, 15) is 9.59 Å². The van der Waals surface area contributed by atoms with Gasteiger partial charge in [0.25, 0.3) is 5.91 Å². The molecule has 0 radical (unpaired) electrons. The molecule has 0 saturated carbocycles. The Morgan fingerprint density at radius 3 is 2.68 bits per heavy atom. The second kappa shape index (κ2) is 7.15. The number of furan rings is 1. The Labute approximate surface area is 136 Å². The van der Waals surface area contributed by atoms with E-state index in [1.54, 1.807) is 21.9 Å². The van der Waals surface area contributed by atoms with Crippen LogP contribution in [-0.2, 0) is 4.79 Å². The van der Waals surface area contributed by atoms with Crippen molar-refractivity contribution in [2.24, 2.45) is 5.73 Å². The van der Waals surface area contributed by atoms with Crippen LogP contribution in [-0.4, -0.2) is 53.3 Å². The van der Waals surface area contributed by atoms with Crippen molar-refractivity contribution in [1.29, 1.82) is 0 Å². The summed E-state index contributed by atoms with van der Waals surface area (Å²) in [5, 5.41) is 0. The highest BCUT2D eigenvalue weighted by atomic mass is 35.5. The number of amides is 2. The van der Waals surface area contributed by atoms with Crippen molar-refractivity contribution in [3.8, 4) is 0 Å². The van der Waals surface area contributed by atoms with Crippen LogP contribution in [0.4, 0.5) is 0 Å². The molecule has 1 unspecified atom stereocenters. The summed E-state index contributed by atoms with van der Waals surface area (Å²) in [5.41, 5.74) is 5.87. The lowest BCUT2D eigenvalue weighted by Crippen LogP contribution is -2.52. The van der Waals surface area contributed by atoms with Crippen LogP contribution >= 0.6 is 12.4 Å². The van der Waals surface area contributed by atoms with Crippen LogP contribution < -0.4 is 5.73 Å². The molecule has 0 spiro atoms. The first-order valence-electron chi connectivity index (χ1n) is 7.55. The van der Waals surface area contributed by atoms with E-state index >= 15 is 0 Å². The van der Waals surface area contributed by atoms with Gasteiger partial charge in [-0.15, -0.1) is 12.4 Å². The maximum atomic E-state index is 12.7. The number of hydrogen-bond donors (Lipinski definition) is 1. The quantitative estimate of drug-likeness (QED) is 0.886. The zero-order valence-corrected chi connectivity index (χ0v) is 13.3. The van der Waals surface area contributed by atoms with E-state index in [0.29, 0.717) is 25.4 Å². The molecule has 0 aromatic carbocycles. The van der Waals surface area contributed by atoms with Gasteiger partial charge in [-0.05, 0) is 37.8 Å². The molecular weight excluding hydrogens is 306 g/mol. The summed E-state index contributed by atoms with van der Waals surface area (Å²) >= 11 is 0. The van der Waals surface area contributed by atoms with Gasteiger partial charge in [-0.1, -0.05) is 0 Å². The fourth-order valence-corrected chi connectivity index (χ4v) is 3.17. The fraction of sp³-hybridized carbons (Fsp3) is 0.600. The van der Waals surface area contributed by atoms with Gasteiger partial charge in [0.2, 0.25) is 5.91 Å². The highest BCUT2D eigenvalue weighted by Crippen LogP contribution is 2.23. The van der Waals surface area contributed by atoms with Crippen LogP contribution in [0.2, 0.25) is 0 Å². The minimum Gasteiger partial charge on any atom is -0.459 e. The van der Waals surface area contributed by atoms with E-state index in [2.05, 4.69) is 0 Å². The van der Waals surface area contributed by atoms with Crippen molar-refractivity contribution < 1.29 is 14.0 Å². The number of carbonyl (C=O) groups excluding carboxylic acids is 2. The van der Waals surface area contributed by atoms with Crippen LogP contribution in [0.5, 0.6) is 0 Å². The summed E-state index contributed by atoms with van der Waals surface area (Å²) in [5.74, 6) is 0.136. The van der Waals surface area contributed by atoms with Crippen molar-refractivity contribution >= 4 is 24.2 Å². The van der Waals surface area contributed by atoms with E-state index in [4.69, 9.17) is 10.2 Å².